The number of para-hydroxylation sites is 1. The van der Waals surface area contributed by atoms with E-state index in [4.69, 9.17) is 0 Å². The van der Waals surface area contributed by atoms with E-state index in [-0.39, 0.29) is 5.56 Å². The van der Waals surface area contributed by atoms with Crippen LogP contribution in [-0.4, -0.2) is 24.7 Å². The molecule has 0 N–H and O–H groups in total. The molecule has 0 saturated heterocycles. The van der Waals surface area contributed by atoms with Crippen molar-refractivity contribution in [2.45, 2.75) is 13.0 Å². The largest absolute Gasteiger partial charge is 0.275 e. The predicted octanol–water partition coefficient (Wildman–Crippen LogP) is 3.64. The van der Waals surface area contributed by atoms with Crippen LogP contribution in [0.5, 0.6) is 0 Å². The van der Waals surface area contributed by atoms with E-state index in [1.54, 1.807) is 31.0 Å². The van der Waals surface area contributed by atoms with Gasteiger partial charge in [0.2, 0.25) is 0 Å². The maximum absolute atomic E-state index is 13.2. The Kier molecular flexibility index (Phi) is 4.29. The second-order valence-corrected chi connectivity index (χ2v) is 6.81. The third kappa shape index (κ3) is 3.25. The van der Waals surface area contributed by atoms with E-state index < -0.39 is 0 Å². The Morgan fingerprint density at radius 1 is 0.828 bits per heavy atom. The molecular formula is C23H17N5O. The zero-order valence-corrected chi connectivity index (χ0v) is 15.6. The number of aryl methyl sites for hydroxylation is 2. The van der Waals surface area contributed by atoms with Gasteiger partial charge in [-0.1, -0.05) is 24.3 Å². The zero-order chi connectivity index (χ0) is 19.6. The molecule has 29 heavy (non-hydrogen) atoms. The molecule has 0 saturated carbocycles. The van der Waals surface area contributed by atoms with Crippen LogP contribution >= 0.6 is 0 Å². The van der Waals surface area contributed by atoms with E-state index in [1.165, 1.54) is 4.68 Å². The van der Waals surface area contributed by atoms with Gasteiger partial charge in [0, 0.05) is 53.2 Å². The SMILES string of the molecule is O=c1c2c(-c3ccncc3)cncc2cnn1CCc1ccc2ccccc2n1. The smallest absolute Gasteiger partial charge is 0.267 e. The number of pyridine rings is 3. The molecule has 140 valence electrons. The van der Waals surface area contributed by atoms with Crippen LogP contribution in [-0.2, 0) is 13.0 Å². The van der Waals surface area contributed by atoms with Gasteiger partial charge in [-0.05, 0) is 29.8 Å². The number of aromatic nitrogens is 5. The first-order chi connectivity index (χ1) is 14.3. The van der Waals surface area contributed by atoms with Gasteiger partial charge >= 0.3 is 0 Å². The van der Waals surface area contributed by atoms with Crippen molar-refractivity contribution in [3.05, 3.63) is 95.6 Å². The highest BCUT2D eigenvalue weighted by Gasteiger charge is 2.11. The Morgan fingerprint density at radius 2 is 1.69 bits per heavy atom. The lowest BCUT2D eigenvalue weighted by molar-refractivity contribution is 0.580. The molecule has 6 heteroatoms. The highest BCUT2D eigenvalue weighted by atomic mass is 16.1. The first kappa shape index (κ1) is 17.2. The predicted molar refractivity (Wildman–Crippen MR) is 112 cm³/mol. The minimum Gasteiger partial charge on any atom is -0.267 e. The van der Waals surface area contributed by atoms with Crippen molar-refractivity contribution in [1.29, 1.82) is 0 Å². The number of nitrogens with zero attached hydrogens (tertiary/aromatic N) is 5. The summed E-state index contributed by atoms with van der Waals surface area (Å²) in [6, 6.07) is 15.8. The van der Waals surface area contributed by atoms with Crippen molar-refractivity contribution in [2.75, 3.05) is 0 Å². The highest BCUT2D eigenvalue weighted by molar-refractivity contribution is 5.94. The van der Waals surface area contributed by atoms with E-state index in [2.05, 4.69) is 26.1 Å². The van der Waals surface area contributed by atoms with E-state index in [0.717, 1.165) is 33.1 Å². The van der Waals surface area contributed by atoms with Crippen LogP contribution in [0.3, 0.4) is 0 Å². The molecule has 5 aromatic rings. The van der Waals surface area contributed by atoms with Gasteiger partial charge in [0.1, 0.15) is 0 Å². The van der Waals surface area contributed by atoms with Crippen molar-refractivity contribution < 1.29 is 0 Å². The highest BCUT2D eigenvalue weighted by Crippen LogP contribution is 2.24. The summed E-state index contributed by atoms with van der Waals surface area (Å²) in [6.45, 7) is 0.457. The van der Waals surface area contributed by atoms with Gasteiger partial charge < -0.3 is 0 Å². The van der Waals surface area contributed by atoms with Crippen LogP contribution in [0.4, 0.5) is 0 Å². The maximum Gasteiger partial charge on any atom is 0.275 e. The number of benzene rings is 1. The van der Waals surface area contributed by atoms with Gasteiger partial charge in [-0.2, -0.15) is 5.10 Å². The third-order valence-corrected chi connectivity index (χ3v) is 4.99. The summed E-state index contributed by atoms with van der Waals surface area (Å²) in [6.07, 6.45) is 9.12. The molecule has 0 radical (unpaired) electrons. The molecule has 0 bridgehead atoms. The molecule has 0 aliphatic carbocycles. The first-order valence-corrected chi connectivity index (χ1v) is 9.38. The molecule has 0 unspecified atom stereocenters. The van der Waals surface area contributed by atoms with Crippen LogP contribution in [0.25, 0.3) is 32.8 Å². The Bertz CT molecular complexity index is 1380. The lowest BCUT2D eigenvalue weighted by atomic mass is 10.0. The van der Waals surface area contributed by atoms with E-state index >= 15 is 0 Å². The monoisotopic (exact) mass is 379 g/mol. The first-order valence-electron chi connectivity index (χ1n) is 9.38. The molecule has 6 nitrogen and oxygen atoms in total. The molecule has 0 aliphatic heterocycles. The molecule has 4 aromatic heterocycles. The fourth-order valence-electron chi connectivity index (χ4n) is 3.50. The normalized spacial score (nSPS) is 11.2. The van der Waals surface area contributed by atoms with Gasteiger partial charge in [-0.25, -0.2) is 4.68 Å². The molecule has 0 spiro atoms. The second-order valence-electron chi connectivity index (χ2n) is 6.81. The molecule has 4 heterocycles. The van der Waals surface area contributed by atoms with E-state index in [9.17, 15) is 4.79 Å². The van der Waals surface area contributed by atoms with Crippen molar-refractivity contribution in [3.63, 3.8) is 0 Å². The lowest BCUT2D eigenvalue weighted by Crippen LogP contribution is -2.24. The Morgan fingerprint density at radius 3 is 2.59 bits per heavy atom. The zero-order valence-electron chi connectivity index (χ0n) is 15.6. The number of hydrogen-bond donors (Lipinski definition) is 0. The Balaban J connectivity index is 1.52. The summed E-state index contributed by atoms with van der Waals surface area (Å²) < 4.78 is 1.50. The van der Waals surface area contributed by atoms with Crippen LogP contribution < -0.4 is 5.56 Å². The molecular weight excluding hydrogens is 362 g/mol. The van der Waals surface area contributed by atoms with Crippen molar-refractivity contribution >= 4 is 21.7 Å². The van der Waals surface area contributed by atoms with Gasteiger partial charge in [-0.15, -0.1) is 0 Å². The molecule has 0 atom stereocenters. The molecule has 1 aromatic carbocycles. The fraction of sp³-hybridized carbons (Fsp3) is 0.0870. The van der Waals surface area contributed by atoms with Crippen LogP contribution in [0, 0.1) is 0 Å². The van der Waals surface area contributed by atoms with Crippen molar-refractivity contribution in [2.24, 2.45) is 0 Å². The van der Waals surface area contributed by atoms with Crippen LogP contribution in [0.1, 0.15) is 5.69 Å². The quantitative estimate of drug-likeness (QED) is 0.477. The maximum atomic E-state index is 13.2. The summed E-state index contributed by atoms with van der Waals surface area (Å²) in [7, 11) is 0. The number of rotatable bonds is 4. The van der Waals surface area contributed by atoms with E-state index in [0.29, 0.717) is 18.4 Å². The second kappa shape index (κ2) is 7.24. The fourth-order valence-corrected chi connectivity index (χ4v) is 3.50. The lowest BCUT2D eigenvalue weighted by Gasteiger charge is -2.09. The summed E-state index contributed by atoms with van der Waals surface area (Å²) in [5.74, 6) is 0. The van der Waals surface area contributed by atoms with Gasteiger partial charge in [0.25, 0.3) is 5.56 Å². The summed E-state index contributed by atoms with van der Waals surface area (Å²) in [4.78, 5) is 26.2. The van der Waals surface area contributed by atoms with Gasteiger partial charge in [0.05, 0.1) is 23.6 Å². The summed E-state index contributed by atoms with van der Waals surface area (Å²) in [5.41, 5.74) is 3.45. The van der Waals surface area contributed by atoms with Crippen LogP contribution in [0.2, 0.25) is 0 Å². The average Bonchev–Trinajstić information content (AvgIpc) is 2.79. The average molecular weight is 379 g/mol. The standard InChI is InChI=1S/C23H17N5O/c29-23-22-18(13-25-15-20(22)16-7-10-24-11-8-16)14-26-28(23)12-9-19-6-5-17-3-1-2-4-21(17)27-19/h1-8,10-11,13-15H,9,12H2. The number of fused-ring (bicyclic) bond motifs is 2. The molecule has 0 amide bonds. The minimum absolute atomic E-state index is 0.127. The van der Waals surface area contributed by atoms with Crippen molar-refractivity contribution in [1.82, 2.24) is 24.7 Å². The van der Waals surface area contributed by atoms with Crippen LogP contribution in [0.15, 0.2) is 84.3 Å². The molecule has 0 aliphatic rings. The van der Waals surface area contributed by atoms with Crippen molar-refractivity contribution in [3.8, 4) is 11.1 Å². The Hall–Kier alpha value is -3.93. The van der Waals surface area contributed by atoms with Gasteiger partial charge in [0.15, 0.2) is 0 Å². The number of hydrogen-bond acceptors (Lipinski definition) is 5. The summed E-state index contributed by atoms with van der Waals surface area (Å²) in [5, 5.41) is 6.79. The van der Waals surface area contributed by atoms with Gasteiger partial charge in [-0.3, -0.25) is 19.7 Å². The van der Waals surface area contributed by atoms with E-state index in [1.807, 2.05) is 42.5 Å². The molecule has 5 rings (SSSR count). The molecule has 0 fully saturated rings. The topological polar surface area (TPSA) is 73.6 Å². The third-order valence-electron chi connectivity index (χ3n) is 4.99. The Labute approximate surface area is 166 Å². The summed E-state index contributed by atoms with van der Waals surface area (Å²) >= 11 is 0. The minimum atomic E-state index is -0.127.